The minimum absolute atomic E-state index is 0.0387. The number of carbonyl (C=O) groups excluding carboxylic acids is 2. The molecule has 0 bridgehead atoms. The zero-order chi connectivity index (χ0) is 27.5. The average Bonchev–Trinajstić information content (AvgIpc) is 3.22. The predicted octanol–water partition coefficient (Wildman–Crippen LogP) is 6.23. The molecule has 0 saturated carbocycles. The van der Waals surface area contributed by atoms with Crippen LogP contribution in [0.3, 0.4) is 0 Å². The number of amides is 2. The molecule has 0 saturated heterocycles. The molecule has 0 aliphatic carbocycles. The molecule has 0 aliphatic rings. The van der Waals surface area contributed by atoms with Crippen LogP contribution in [0, 0.1) is 12.8 Å². The van der Waals surface area contributed by atoms with Gasteiger partial charge < -0.3 is 10.2 Å². The molecule has 2 aromatic carbocycles. The van der Waals surface area contributed by atoms with E-state index in [0.29, 0.717) is 5.82 Å². The lowest BCUT2D eigenvalue weighted by Crippen LogP contribution is -2.40. The summed E-state index contributed by atoms with van der Waals surface area (Å²) in [7, 11) is 0. The first-order valence-electron chi connectivity index (χ1n) is 12.1. The average molecular weight is 515 g/mol. The van der Waals surface area contributed by atoms with E-state index in [1.807, 2.05) is 71.9 Å². The van der Waals surface area contributed by atoms with Crippen molar-refractivity contribution in [3.05, 3.63) is 77.0 Å². The van der Waals surface area contributed by atoms with Gasteiger partial charge in [0, 0.05) is 23.6 Å². The van der Waals surface area contributed by atoms with Gasteiger partial charge in [-0.2, -0.15) is 18.3 Å². The standard InChI is InChI=1S/C28H33F3N4O2/c1-18(2)16-34(26(37)20-9-11-21(12-10-20)28(29,30)31)17-25(36)32-24-15-23(27(4,5)6)33-35(24)22-13-7-19(3)8-14-22/h7-15,18H,16-17H2,1-6H3,(H,32,36). The molecule has 0 fully saturated rings. The van der Waals surface area contributed by atoms with E-state index in [-0.39, 0.29) is 30.0 Å². The SMILES string of the molecule is Cc1ccc(-n2nc(C(C)(C)C)cc2NC(=O)CN(CC(C)C)C(=O)c2ccc(C(F)(F)F)cc2)cc1. The van der Waals surface area contributed by atoms with Crippen LogP contribution in [-0.2, 0) is 16.4 Å². The summed E-state index contributed by atoms with van der Waals surface area (Å²) in [5.74, 6) is -0.448. The number of aryl methyl sites for hydroxylation is 1. The molecule has 198 valence electrons. The molecule has 6 nitrogen and oxygen atoms in total. The number of hydrogen-bond donors (Lipinski definition) is 1. The van der Waals surface area contributed by atoms with Gasteiger partial charge in [-0.05, 0) is 49.2 Å². The third-order valence-corrected chi connectivity index (χ3v) is 5.69. The molecule has 0 atom stereocenters. The molecular formula is C28H33F3N4O2. The lowest BCUT2D eigenvalue weighted by Gasteiger charge is -2.24. The van der Waals surface area contributed by atoms with Crippen molar-refractivity contribution in [1.29, 1.82) is 0 Å². The summed E-state index contributed by atoms with van der Waals surface area (Å²) in [5, 5.41) is 7.58. The predicted molar refractivity (Wildman–Crippen MR) is 138 cm³/mol. The zero-order valence-corrected chi connectivity index (χ0v) is 22.0. The van der Waals surface area contributed by atoms with Crippen molar-refractivity contribution in [2.24, 2.45) is 5.92 Å². The fourth-order valence-electron chi connectivity index (χ4n) is 3.72. The first kappa shape index (κ1) is 28.0. The van der Waals surface area contributed by atoms with Crippen LogP contribution in [0.5, 0.6) is 0 Å². The number of rotatable bonds is 7. The van der Waals surface area contributed by atoms with Crippen LogP contribution < -0.4 is 5.32 Å². The van der Waals surface area contributed by atoms with Crippen molar-refractivity contribution in [3.8, 4) is 5.69 Å². The smallest absolute Gasteiger partial charge is 0.329 e. The first-order chi connectivity index (χ1) is 17.1. The Labute approximate surface area is 215 Å². The van der Waals surface area contributed by atoms with Crippen LogP contribution in [-0.4, -0.2) is 39.6 Å². The number of nitrogens with zero attached hydrogens (tertiary/aromatic N) is 3. The van der Waals surface area contributed by atoms with Crippen LogP contribution in [0.2, 0.25) is 0 Å². The highest BCUT2D eigenvalue weighted by atomic mass is 19.4. The van der Waals surface area contributed by atoms with Crippen LogP contribution in [0.1, 0.15) is 61.8 Å². The Bertz CT molecular complexity index is 1240. The van der Waals surface area contributed by atoms with Crippen LogP contribution >= 0.6 is 0 Å². The minimum Gasteiger partial charge on any atom is -0.329 e. The largest absolute Gasteiger partial charge is 0.416 e. The number of halogens is 3. The van der Waals surface area contributed by atoms with Gasteiger partial charge in [-0.3, -0.25) is 9.59 Å². The van der Waals surface area contributed by atoms with E-state index in [1.54, 1.807) is 4.68 Å². The fourth-order valence-corrected chi connectivity index (χ4v) is 3.72. The minimum atomic E-state index is -4.49. The number of carbonyl (C=O) groups is 2. The highest BCUT2D eigenvalue weighted by Crippen LogP contribution is 2.29. The molecule has 0 unspecified atom stereocenters. The van der Waals surface area contributed by atoms with Crippen LogP contribution in [0.15, 0.2) is 54.6 Å². The van der Waals surface area contributed by atoms with Gasteiger partial charge >= 0.3 is 6.18 Å². The molecule has 37 heavy (non-hydrogen) atoms. The Hall–Kier alpha value is -3.62. The number of benzene rings is 2. The summed E-state index contributed by atoms with van der Waals surface area (Å²) in [6, 6.07) is 13.5. The second-order valence-electron chi connectivity index (χ2n) is 10.6. The Balaban J connectivity index is 1.85. The van der Waals surface area contributed by atoms with Gasteiger partial charge in [-0.1, -0.05) is 52.3 Å². The zero-order valence-electron chi connectivity index (χ0n) is 22.0. The number of nitrogens with one attached hydrogen (secondary N) is 1. The molecule has 3 aromatic rings. The van der Waals surface area contributed by atoms with Gasteiger partial charge in [0.05, 0.1) is 16.9 Å². The van der Waals surface area contributed by atoms with E-state index >= 15 is 0 Å². The van der Waals surface area contributed by atoms with Gasteiger partial charge in [0.2, 0.25) is 5.91 Å². The quantitative estimate of drug-likeness (QED) is 0.406. The highest BCUT2D eigenvalue weighted by molar-refractivity contribution is 5.99. The molecule has 9 heteroatoms. The van der Waals surface area contributed by atoms with E-state index in [1.165, 1.54) is 4.90 Å². The Morgan fingerprint density at radius 1 is 1.00 bits per heavy atom. The summed E-state index contributed by atoms with van der Waals surface area (Å²) in [5.41, 5.74) is 1.62. The van der Waals surface area contributed by atoms with Gasteiger partial charge in [0.1, 0.15) is 12.4 Å². The van der Waals surface area contributed by atoms with Crippen molar-refractivity contribution in [1.82, 2.24) is 14.7 Å². The summed E-state index contributed by atoms with van der Waals surface area (Å²) in [4.78, 5) is 27.6. The van der Waals surface area contributed by atoms with Crippen molar-refractivity contribution in [3.63, 3.8) is 0 Å². The summed E-state index contributed by atoms with van der Waals surface area (Å²) >= 11 is 0. The van der Waals surface area contributed by atoms with Crippen molar-refractivity contribution in [2.75, 3.05) is 18.4 Å². The van der Waals surface area contributed by atoms with Crippen LogP contribution in [0.25, 0.3) is 5.69 Å². The topological polar surface area (TPSA) is 67.2 Å². The number of anilines is 1. The molecule has 0 aliphatic heterocycles. The fraction of sp³-hybridized carbons (Fsp3) is 0.393. The van der Waals surface area contributed by atoms with Crippen LogP contribution in [0.4, 0.5) is 19.0 Å². The summed E-state index contributed by atoms with van der Waals surface area (Å²) in [6.07, 6.45) is -4.49. The van der Waals surface area contributed by atoms with E-state index < -0.39 is 23.6 Å². The van der Waals surface area contributed by atoms with E-state index in [2.05, 4.69) is 5.32 Å². The second kappa shape index (κ2) is 10.8. The third-order valence-electron chi connectivity index (χ3n) is 5.69. The molecule has 1 aromatic heterocycles. The van der Waals surface area contributed by atoms with Gasteiger partial charge in [-0.15, -0.1) is 0 Å². The second-order valence-corrected chi connectivity index (χ2v) is 10.6. The third kappa shape index (κ3) is 7.21. The first-order valence-corrected chi connectivity index (χ1v) is 12.1. The number of aromatic nitrogens is 2. The van der Waals surface area contributed by atoms with E-state index in [0.717, 1.165) is 41.2 Å². The molecular weight excluding hydrogens is 481 g/mol. The highest BCUT2D eigenvalue weighted by Gasteiger charge is 2.31. The molecule has 2 amide bonds. The van der Waals surface area contributed by atoms with Gasteiger partial charge in [0.25, 0.3) is 5.91 Å². The Kier molecular flexibility index (Phi) is 8.15. The lowest BCUT2D eigenvalue weighted by atomic mass is 9.92. The van der Waals surface area contributed by atoms with Crippen molar-refractivity contribution < 1.29 is 22.8 Å². The molecule has 1 N–H and O–H groups in total. The number of hydrogen-bond acceptors (Lipinski definition) is 3. The summed E-state index contributed by atoms with van der Waals surface area (Å²) in [6.45, 7) is 11.8. The monoisotopic (exact) mass is 514 g/mol. The summed E-state index contributed by atoms with van der Waals surface area (Å²) < 4.78 is 40.4. The molecule has 3 rings (SSSR count). The number of alkyl halides is 3. The lowest BCUT2D eigenvalue weighted by molar-refractivity contribution is -0.137. The van der Waals surface area contributed by atoms with Gasteiger partial charge in [0.15, 0.2) is 0 Å². The maximum atomic E-state index is 13.1. The van der Waals surface area contributed by atoms with Gasteiger partial charge in [-0.25, -0.2) is 4.68 Å². The van der Waals surface area contributed by atoms with Crippen molar-refractivity contribution in [2.45, 2.75) is 53.1 Å². The molecule has 0 spiro atoms. The Morgan fingerprint density at radius 2 is 1.59 bits per heavy atom. The molecule has 1 heterocycles. The Morgan fingerprint density at radius 3 is 2.11 bits per heavy atom. The molecule has 0 radical (unpaired) electrons. The normalized spacial score (nSPS) is 12.1. The van der Waals surface area contributed by atoms with Crippen molar-refractivity contribution >= 4 is 17.6 Å². The maximum Gasteiger partial charge on any atom is 0.416 e. The van der Waals surface area contributed by atoms with E-state index in [4.69, 9.17) is 5.10 Å². The maximum absolute atomic E-state index is 13.1. The van der Waals surface area contributed by atoms with E-state index in [9.17, 15) is 22.8 Å².